The molecule has 0 aliphatic rings. The SMILES string of the molecule is C/C(=N/O)c1ccc(NS(=O)(=O)c2ccn[nH]2)cc1. The van der Waals surface area contributed by atoms with Gasteiger partial charge in [0, 0.05) is 5.69 Å². The minimum absolute atomic E-state index is 0.00956. The molecule has 0 saturated heterocycles. The number of aromatic nitrogens is 2. The topological polar surface area (TPSA) is 107 Å². The molecule has 8 heteroatoms. The summed E-state index contributed by atoms with van der Waals surface area (Å²) in [7, 11) is -3.66. The molecule has 0 spiro atoms. The Labute approximate surface area is 110 Å². The molecule has 19 heavy (non-hydrogen) atoms. The summed E-state index contributed by atoms with van der Waals surface area (Å²) in [5.41, 5.74) is 1.55. The molecule has 0 aliphatic carbocycles. The van der Waals surface area contributed by atoms with Gasteiger partial charge in [-0.1, -0.05) is 17.3 Å². The second-order valence-electron chi connectivity index (χ2n) is 3.79. The summed E-state index contributed by atoms with van der Waals surface area (Å²) in [4.78, 5) is 0. The number of nitrogens with zero attached hydrogens (tertiary/aromatic N) is 2. The van der Waals surface area contributed by atoms with Crippen LogP contribution in [0.5, 0.6) is 0 Å². The van der Waals surface area contributed by atoms with Crippen molar-refractivity contribution in [2.45, 2.75) is 11.9 Å². The lowest BCUT2D eigenvalue weighted by Crippen LogP contribution is -2.13. The maximum absolute atomic E-state index is 11.9. The normalized spacial score (nSPS) is 12.4. The molecule has 0 bridgehead atoms. The Morgan fingerprint density at radius 1 is 1.32 bits per heavy atom. The summed E-state index contributed by atoms with van der Waals surface area (Å²) >= 11 is 0. The summed E-state index contributed by atoms with van der Waals surface area (Å²) < 4.78 is 26.2. The van der Waals surface area contributed by atoms with E-state index >= 15 is 0 Å². The fourth-order valence-electron chi connectivity index (χ4n) is 1.44. The van der Waals surface area contributed by atoms with Crippen molar-refractivity contribution >= 4 is 21.4 Å². The number of H-pyrrole nitrogens is 1. The molecular weight excluding hydrogens is 268 g/mol. The smallest absolute Gasteiger partial charge is 0.278 e. The Balaban J connectivity index is 2.21. The predicted molar refractivity (Wildman–Crippen MR) is 69.8 cm³/mol. The molecule has 0 saturated carbocycles. The van der Waals surface area contributed by atoms with Crippen molar-refractivity contribution in [2.75, 3.05) is 4.72 Å². The molecule has 0 amide bonds. The molecule has 0 unspecified atom stereocenters. The molecule has 7 nitrogen and oxygen atoms in total. The van der Waals surface area contributed by atoms with Gasteiger partial charge in [-0.2, -0.15) is 13.5 Å². The van der Waals surface area contributed by atoms with Gasteiger partial charge in [0.25, 0.3) is 10.0 Å². The fourth-order valence-corrected chi connectivity index (χ4v) is 2.41. The molecule has 2 aromatic rings. The lowest BCUT2D eigenvalue weighted by Gasteiger charge is -2.06. The summed E-state index contributed by atoms with van der Waals surface area (Å²) in [6.07, 6.45) is 1.36. The van der Waals surface area contributed by atoms with Crippen LogP contribution in [0.3, 0.4) is 0 Å². The van der Waals surface area contributed by atoms with E-state index in [-0.39, 0.29) is 5.03 Å². The lowest BCUT2D eigenvalue weighted by atomic mass is 10.1. The van der Waals surface area contributed by atoms with Crippen LogP contribution >= 0.6 is 0 Å². The number of oxime groups is 1. The number of benzene rings is 1. The zero-order valence-electron chi connectivity index (χ0n) is 10.0. The van der Waals surface area contributed by atoms with Gasteiger partial charge in [0.05, 0.1) is 11.9 Å². The van der Waals surface area contributed by atoms with Gasteiger partial charge in [0.15, 0.2) is 5.03 Å². The van der Waals surface area contributed by atoms with Crippen molar-refractivity contribution in [1.82, 2.24) is 10.2 Å². The van der Waals surface area contributed by atoms with Crippen LogP contribution in [0.1, 0.15) is 12.5 Å². The Morgan fingerprint density at radius 3 is 2.53 bits per heavy atom. The molecule has 0 fully saturated rings. The van der Waals surface area contributed by atoms with Crippen molar-refractivity contribution in [3.8, 4) is 0 Å². The fraction of sp³-hybridized carbons (Fsp3) is 0.0909. The van der Waals surface area contributed by atoms with E-state index in [9.17, 15) is 8.42 Å². The van der Waals surface area contributed by atoms with Crippen molar-refractivity contribution < 1.29 is 13.6 Å². The van der Waals surface area contributed by atoms with Crippen LogP contribution < -0.4 is 4.72 Å². The first-order valence-corrected chi connectivity index (χ1v) is 6.82. The molecule has 1 aromatic carbocycles. The van der Waals surface area contributed by atoms with E-state index in [1.54, 1.807) is 31.2 Å². The Hall–Kier alpha value is -2.35. The van der Waals surface area contributed by atoms with Crippen molar-refractivity contribution in [3.63, 3.8) is 0 Å². The summed E-state index contributed by atoms with van der Waals surface area (Å²) in [6.45, 7) is 1.64. The van der Waals surface area contributed by atoms with E-state index < -0.39 is 10.0 Å². The number of rotatable bonds is 4. The molecule has 0 aliphatic heterocycles. The van der Waals surface area contributed by atoms with E-state index in [4.69, 9.17) is 5.21 Å². The molecule has 0 atom stereocenters. The second-order valence-corrected chi connectivity index (χ2v) is 5.44. The number of sulfonamides is 1. The number of anilines is 1. The van der Waals surface area contributed by atoms with Gasteiger partial charge in [-0.3, -0.25) is 9.82 Å². The predicted octanol–water partition coefficient (Wildman–Crippen LogP) is 1.41. The Bertz CT molecular complexity index is 675. The molecule has 1 heterocycles. The van der Waals surface area contributed by atoms with Crippen molar-refractivity contribution in [2.24, 2.45) is 5.16 Å². The molecule has 0 radical (unpaired) electrons. The quantitative estimate of drug-likeness (QED) is 0.447. The molecule has 2 rings (SSSR count). The standard InChI is InChI=1S/C11H12N4O3S/c1-8(14-16)9-2-4-10(5-3-9)15-19(17,18)11-6-7-12-13-11/h2-7,15-16H,1H3,(H,12,13)/b14-8-. The first-order chi connectivity index (χ1) is 9.03. The highest BCUT2D eigenvalue weighted by Gasteiger charge is 2.15. The minimum atomic E-state index is -3.66. The third-order valence-electron chi connectivity index (χ3n) is 2.47. The maximum atomic E-state index is 11.9. The van der Waals surface area contributed by atoms with Crippen LogP contribution in [0, 0.1) is 0 Å². The average molecular weight is 280 g/mol. The van der Waals surface area contributed by atoms with Crippen LogP contribution in [0.2, 0.25) is 0 Å². The number of hydrogen-bond acceptors (Lipinski definition) is 5. The zero-order chi connectivity index (χ0) is 13.9. The van der Waals surface area contributed by atoms with Gasteiger partial charge < -0.3 is 5.21 Å². The van der Waals surface area contributed by atoms with E-state index in [2.05, 4.69) is 20.1 Å². The third kappa shape index (κ3) is 2.91. The van der Waals surface area contributed by atoms with Crippen LogP contribution in [0.25, 0.3) is 0 Å². The van der Waals surface area contributed by atoms with Crippen molar-refractivity contribution in [3.05, 3.63) is 42.1 Å². The van der Waals surface area contributed by atoms with Gasteiger partial charge in [0.2, 0.25) is 0 Å². The molecule has 100 valence electrons. The Kier molecular flexibility index (Phi) is 3.52. The van der Waals surface area contributed by atoms with E-state index in [0.29, 0.717) is 17.0 Å². The minimum Gasteiger partial charge on any atom is -0.411 e. The molecule has 3 N–H and O–H groups in total. The highest BCUT2D eigenvalue weighted by molar-refractivity contribution is 7.92. The molecular formula is C11H12N4O3S. The monoisotopic (exact) mass is 280 g/mol. The first-order valence-electron chi connectivity index (χ1n) is 5.34. The first kappa shape index (κ1) is 13.1. The largest absolute Gasteiger partial charge is 0.411 e. The van der Waals surface area contributed by atoms with E-state index in [1.807, 2.05) is 0 Å². The van der Waals surface area contributed by atoms with Gasteiger partial charge in [-0.15, -0.1) is 0 Å². The van der Waals surface area contributed by atoms with Gasteiger partial charge in [0.1, 0.15) is 0 Å². The van der Waals surface area contributed by atoms with E-state index in [0.717, 1.165) is 0 Å². The van der Waals surface area contributed by atoms with Crippen LogP contribution in [0.4, 0.5) is 5.69 Å². The Morgan fingerprint density at radius 2 is 2.00 bits per heavy atom. The third-order valence-corrected chi connectivity index (χ3v) is 3.78. The number of aromatic amines is 1. The molecule has 1 aromatic heterocycles. The van der Waals surface area contributed by atoms with Crippen molar-refractivity contribution in [1.29, 1.82) is 0 Å². The number of nitrogens with one attached hydrogen (secondary N) is 2. The second kappa shape index (κ2) is 5.11. The van der Waals surface area contributed by atoms with Gasteiger partial charge in [-0.25, -0.2) is 0 Å². The number of hydrogen-bond donors (Lipinski definition) is 3. The lowest BCUT2D eigenvalue weighted by molar-refractivity contribution is 0.319. The average Bonchev–Trinajstić information content (AvgIpc) is 2.93. The summed E-state index contributed by atoms with van der Waals surface area (Å²) in [5.74, 6) is 0. The maximum Gasteiger partial charge on any atom is 0.278 e. The summed E-state index contributed by atoms with van der Waals surface area (Å²) in [6, 6.07) is 7.83. The van der Waals surface area contributed by atoms with Gasteiger partial charge in [-0.05, 0) is 30.7 Å². The highest BCUT2D eigenvalue weighted by atomic mass is 32.2. The van der Waals surface area contributed by atoms with Crippen LogP contribution in [-0.2, 0) is 10.0 Å². The van der Waals surface area contributed by atoms with Crippen LogP contribution in [-0.4, -0.2) is 29.5 Å². The summed E-state index contributed by atoms with van der Waals surface area (Å²) in [5, 5.41) is 17.7. The zero-order valence-corrected chi connectivity index (χ0v) is 10.8. The van der Waals surface area contributed by atoms with Gasteiger partial charge >= 0.3 is 0 Å². The van der Waals surface area contributed by atoms with Crippen LogP contribution in [0.15, 0.2) is 46.7 Å². The highest BCUT2D eigenvalue weighted by Crippen LogP contribution is 2.15. The van der Waals surface area contributed by atoms with E-state index in [1.165, 1.54) is 12.3 Å².